The summed E-state index contributed by atoms with van der Waals surface area (Å²) in [5, 5.41) is 7.00. The quantitative estimate of drug-likeness (QED) is 0.290. The second kappa shape index (κ2) is 10.4. The molecule has 0 aliphatic heterocycles. The Balaban J connectivity index is 1.30. The van der Waals surface area contributed by atoms with Crippen LogP contribution in [0.2, 0.25) is 0 Å². The van der Waals surface area contributed by atoms with Gasteiger partial charge in [0.1, 0.15) is 17.7 Å². The van der Waals surface area contributed by atoms with Crippen LogP contribution in [0.15, 0.2) is 73.3 Å². The minimum atomic E-state index is -2.80. The van der Waals surface area contributed by atoms with Crippen LogP contribution < -0.4 is 11.1 Å². The Hall–Kier alpha value is -5.59. The van der Waals surface area contributed by atoms with Crippen molar-refractivity contribution in [3.8, 4) is 22.9 Å². The Kier molecular flexibility index (Phi) is 6.34. The average molecular weight is 579 g/mol. The number of hydrogen-bond donors (Lipinski definition) is 2. The Morgan fingerprint density at radius 3 is 2.72 bits per heavy atom. The first-order valence-electron chi connectivity index (χ1n) is 13.5. The average Bonchev–Trinajstić information content (AvgIpc) is 3.75. The van der Waals surface area contributed by atoms with Crippen molar-refractivity contribution in [2.75, 3.05) is 5.73 Å². The molecule has 0 unspecified atom stereocenters. The molecule has 0 bridgehead atoms. The lowest BCUT2D eigenvalue weighted by molar-refractivity contribution is 0.0936. The molecule has 0 saturated heterocycles. The third-order valence-electron chi connectivity index (χ3n) is 7.45. The zero-order chi connectivity index (χ0) is 29.7. The number of pyridine rings is 3. The standard InChI is InChI=1S/C30H24F2N10O/c1-16-4-5-18(14-35-16)30(43)38-22-9-6-17-13-19(7-8-20(17)22)42-28(21-3-2-12-34-26(21)33)37-23-10-11-24(39-29(23)42)41-15-36-27(40-41)25(31)32/h2-5,7-8,10-15,22,25H,6,9H2,1H3,(H2,33,34)(H,38,43)/t22-/m0/s1. The molecule has 1 atom stereocenters. The van der Waals surface area contributed by atoms with Crippen LogP contribution in [0.5, 0.6) is 0 Å². The summed E-state index contributed by atoms with van der Waals surface area (Å²) in [6.45, 7) is 1.87. The summed E-state index contributed by atoms with van der Waals surface area (Å²) in [4.78, 5) is 34.6. The van der Waals surface area contributed by atoms with E-state index in [-0.39, 0.29) is 11.9 Å². The summed E-state index contributed by atoms with van der Waals surface area (Å²) in [6, 6.07) is 16.4. The summed E-state index contributed by atoms with van der Waals surface area (Å²) < 4.78 is 29.4. The van der Waals surface area contributed by atoms with Crippen LogP contribution >= 0.6 is 0 Å². The van der Waals surface area contributed by atoms with E-state index >= 15 is 0 Å². The number of aryl methyl sites for hydroxylation is 2. The van der Waals surface area contributed by atoms with E-state index < -0.39 is 12.2 Å². The smallest absolute Gasteiger partial charge is 0.299 e. The van der Waals surface area contributed by atoms with E-state index in [1.54, 1.807) is 36.7 Å². The van der Waals surface area contributed by atoms with Gasteiger partial charge >= 0.3 is 0 Å². The molecule has 43 heavy (non-hydrogen) atoms. The highest BCUT2D eigenvalue weighted by Gasteiger charge is 2.26. The fraction of sp³-hybridized carbons (Fsp3) is 0.167. The van der Waals surface area contributed by atoms with Gasteiger partial charge in [-0.3, -0.25) is 14.3 Å². The van der Waals surface area contributed by atoms with Crippen LogP contribution in [-0.4, -0.2) is 45.2 Å². The van der Waals surface area contributed by atoms with Gasteiger partial charge in [-0.05, 0) is 79.4 Å². The van der Waals surface area contributed by atoms with Gasteiger partial charge in [-0.1, -0.05) is 6.07 Å². The van der Waals surface area contributed by atoms with Crippen LogP contribution in [0.1, 0.15) is 51.9 Å². The van der Waals surface area contributed by atoms with Crippen LogP contribution in [0, 0.1) is 6.92 Å². The fourth-order valence-corrected chi connectivity index (χ4v) is 5.33. The molecular formula is C30H24F2N10O. The zero-order valence-corrected chi connectivity index (χ0v) is 22.8. The number of halogens is 2. The SMILES string of the molecule is Cc1ccc(C(=O)N[C@H]2CCc3cc(-n4c(-c5cccnc5N)nc5ccc(-n6cnc(C(F)F)n6)nc54)ccc32)cn1. The topological polar surface area (TPSA) is 142 Å². The second-order valence-electron chi connectivity index (χ2n) is 10.2. The molecule has 7 rings (SSSR count). The minimum absolute atomic E-state index is 0.146. The Morgan fingerprint density at radius 1 is 1.07 bits per heavy atom. The molecule has 1 aliphatic carbocycles. The van der Waals surface area contributed by atoms with Gasteiger partial charge in [-0.15, -0.1) is 5.10 Å². The van der Waals surface area contributed by atoms with E-state index in [0.717, 1.165) is 35.3 Å². The maximum Gasteiger partial charge on any atom is 0.299 e. The van der Waals surface area contributed by atoms with Crippen molar-refractivity contribution < 1.29 is 13.6 Å². The number of nitrogens with zero attached hydrogens (tertiary/aromatic N) is 8. The fourth-order valence-electron chi connectivity index (χ4n) is 5.33. The molecule has 5 heterocycles. The summed E-state index contributed by atoms with van der Waals surface area (Å²) in [7, 11) is 0. The summed E-state index contributed by atoms with van der Waals surface area (Å²) in [5.41, 5.74) is 12.1. The Labute approximate surface area is 243 Å². The monoisotopic (exact) mass is 578 g/mol. The molecular weight excluding hydrogens is 554 g/mol. The second-order valence-corrected chi connectivity index (χ2v) is 10.2. The first-order valence-corrected chi connectivity index (χ1v) is 13.5. The molecule has 5 aromatic heterocycles. The molecule has 1 aromatic carbocycles. The number of carbonyl (C=O) groups is 1. The van der Waals surface area contributed by atoms with Crippen LogP contribution in [0.4, 0.5) is 14.6 Å². The largest absolute Gasteiger partial charge is 0.383 e. The molecule has 13 heteroatoms. The summed E-state index contributed by atoms with van der Waals surface area (Å²) in [6.07, 6.45) is 3.08. The number of aromatic nitrogens is 8. The Bertz CT molecular complexity index is 2000. The van der Waals surface area contributed by atoms with Gasteiger partial charge in [0.2, 0.25) is 5.82 Å². The summed E-state index contributed by atoms with van der Waals surface area (Å²) in [5.74, 6) is 0.356. The van der Waals surface area contributed by atoms with Gasteiger partial charge in [-0.25, -0.2) is 33.4 Å². The molecule has 6 aromatic rings. The van der Waals surface area contributed by atoms with Gasteiger partial charge in [0.25, 0.3) is 12.3 Å². The maximum atomic E-state index is 13.2. The third kappa shape index (κ3) is 4.74. The van der Waals surface area contributed by atoms with Gasteiger partial charge < -0.3 is 11.1 Å². The third-order valence-corrected chi connectivity index (χ3v) is 7.45. The number of benzene rings is 1. The number of nitrogens with one attached hydrogen (secondary N) is 1. The lowest BCUT2D eigenvalue weighted by atomic mass is 10.1. The van der Waals surface area contributed by atoms with Crippen molar-refractivity contribution in [1.29, 1.82) is 0 Å². The highest BCUT2D eigenvalue weighted by Crippen LogP contribution is 2.36. The van der Waals surface area contributed by atoms with Crippen molar-refractivity contribution in [3.05, 3.63) is 102 Å². The molecule has 214 valence electrons. The molecule has 11 nitrogen and oxygen atoms in total. The normalized spacial score (nSPS) is 14.4. The van der Waals surface area contributed by atoms with E-state index in [0.29, 0.717) is 39.8 Å². The number of alkyl halides is 2. The zero-order valence-electron chi connectivity index (χ0n) is 22.8. The van der Waals surface area contributed by atoms with E-state index in [9.17, 15) is 13.6 Å². The molecule has 1 aliphatic rings. The lowest BCUT2D eigenvalue weighted by Gasteiger charge is -2.16. The van der Waals surface area contributed by atoms with E-state index in [1.807, 2.05) is 41.8 Å². The predicted molar refractivity (Wildman–Crippen MR) is 154 cm³/mol. The van der Waals surface area contributed by atoms with Gasteiger partial charge in [0, 0.05) is 23.8 Å². The number of carbonyl (C=O) groups excluding carboxylic acids is 1. The van der Waals surface area contributed by atoms with E-state index in [2.05, 4.69) is 25.4 Å². The number of anilines is 1. The van der Waals surface area contributed by atoms with Crippen LogP contribution in [0.3, 0.4) is 0 Å². The summed E-state index contributed by atoms with van der Waals surface area (Å²) >= 11 is 0. The van der Waals surface area contributed by atoms with E-state index in [1.165, 1.54) is 11.0 Å². The number of nitrogens with two attached hydrogens (primary N) is 1. The number of imidazole rings is 1. The van der Waals surface area contributed by atoms with E-state index in [4.69, 9.17) is 15.7 Å². The molecule has 0 saturated carbocycles. The predicted octanol–water partition coefficient (Wildman–Crippen LogP) is 4.70. The minimum Gasteiger partial charge on any atom is -0.383 e. The number of fused-ring (bicyclic) bond motifs is 2. The van der Waals surface area contributed by atoms with Gasteiger partial charge in [0.05, 0.1) is 17.2 Å². The van der Waals surface area contributed by atoms with Crippen molar-refractivity contribution in [1.82, 2.24) is 44.6 Å². The maximum absolute atomic E-state index is 13.2. The number of hydrogen-bond acceptors (Lipinski definition) is 8. The molecule has 1 amide bonds. The molecule has 3 N–H and O–H groups in total. The van der Waals surface area contributed by atoms with Crippen molar-refractivity contribution >= 4 is 22.9 Å². The first kappa shape index (κ1) is 26.3. The van der Waals surface area contributed by atoms with Gasteiger partial charge in [-0.2, -0.15) is 0 Å². The van der Waals surface area contributed by atoms with Crippen LogP contribution in [-0.2, 0) is 6.42 Å². The van der Waals surface area contributed by atoms with Crippen molar-refractivity contribution in [2.45, 2.75) is 32.2 Å². The van der Waals surface area contributed by atoms with Crippen molar-refractivity contribution in [2.24, 2.45) is 0 Å². The lowest BCUT2D eigenvalue weighted by Crippen LogP contribution is -2.27. The highest BCUT2D eigenvalue weighted by atomic mass is 19.3. The highest BCUT2D eigenvalue weighted by molar-refractivity contribution is 5.94. The Morgan fingerprint density at radius 2 is 1.95 bits per heavy atom. The van der Waals surface area contributed by atoms with Crippen LogP contribution in [0.25, 0.3) is 34.1 Å². The number of nitrogen functional groups attached to an aromatic ring is 1. The van der Waals surface area contributed by atoms with Gasteiger partial charge in [0.15, 0.2) is 17.3 Å². The number of amides is 1. The molecule has 0 radical (unpaired) electrons. The first-order chi connectivity index (χ1) is 20.9. The van der Waals surface area contributed by atoms with Crippen molar-refractivity contribution in [3.63, 3.8) is 0 Å². The molecule has 0 spiro atoms. The molecule has 0 fully saturated rings. The number of rotatable bonds is 6.